The molecule has 1 aliphatic heterocycles. The summed E-state index contributed by atoms with van der Waals surface area (Å²) in [6.07, 6.45) is 2.00. The van der Waals surface area contributed by atoms with E-state index in [-0.39, 0.29) is 11.5 Å². The monoisotopic (exact) mass is 346 g/mol. The summed E-state index contributed by atoms with van der Waals surface area (Å²) >= 11 is 1.78. The molecule has 1 amide bonds. The number of nitrogens with one attached hydrogen (secondary N) is 1. The molecule has 1 saturated heterocycles. The highest BCUT2D eigenvalue weighted by atomic mass is 32.1. The summed E-state index contributed by atoms with van der Waals surface area (Å²) in [7, 11) is 0. The second-order valence-corrected chi connectivity index (χ2v) is 7.03. The van der Waals surface area contributed by atoms with Gasteiger partial charge in [-0.05, 0) is 23.9 Å². The van der Waals surface area contributed by atoms with Gasteiger partial charge in [-0.2, -0.15) is 5.10 Å². The summed E-state index contributed by atoms with van der Waals surface area (Å²) in [6, 6.07) is 7.37. The van der Waals surface area contributed by atoms with Gasteiger partial charge in [0.05, 0.1) is 5.69 Å². The third-order valence-corrected chi connectivity index (χ3v) is 5.09. The molecule has 7 heteroatoms. The van der Waals surface area contributed by atoms with Crippen molar-refractivity contribution in [3.63, 3.8) is 0 Å². The minimum absolute atomic E-state index is 0.168. The Labute approximate surface area is 145 Å². The molecule has 128 valence electrons. The molecule has 24 heavy (non-hydrogen) atoms. The molecule has 3 rings (SSSR count). The van der Waals surface area contributed by atoms with E-state index in [1.54, 1.807) is 17.4 Å². The summed E-state index contributed by atoms with van der Waals surface area (Å²) in [6.45, 7) is 4.52. The molecule has 1 aliphatic rings. The fourth-order valence-corrected chi connectivity index (χ4v) is 3.65. The van der Waals surface area contributed by atoms with Crippen molar-refractivity contribution in [2.24, 2.45) is 0 Å². The molecule has 0 spiro atoms. The molecule has 2 aromatic rings. The van der Waals surface area contributed by atoms with Gasteiger partial charge in [0.25, 0.3) is 5.56 Å². The second kappa shape index (κ2) is 8.21. The number of hydrogen-bond donors (Lipinski definition) is 1. The van der Waals surface area contributed by atoms with Crippen LogP contribution in [-0.4, -0.2) is 52.1 Å². The van der Waals surface area contributed by atoms with Gasteiger partial charge >= 0.3 is 0 Å². The molecule has 0 atom stereocenters. The van der Waals surface area contributed by atoms with E-state index in [4.69, 9.17) is 0 Å². The molecule has 2 aromatic heterocycles. The normalized spacial score (nSPS) is 16.1. The lowest BCUT2D eigenvalue weighted by atomic mass is 10.2. The number of carbonyl (C=O) groups is 1. The number of aryl methyl sites for hydroxylation is 1. The number of amides is 1. The van der Waals surface area contributed by atoms with Crippen molar-refractivity contribution in [3.8, 4) is 0 Å². The van der Waals surface area contributed by atoms with E-state index in [9.17, 15) is 9.59 Å². The minimum atomic E-state index is -0.219. The summed E-state index contributed by atoms with van der Waals surface area (Å²) in [5, 5.41) is 8.46. The van der Waals surface area contributed by atoms with Crippen molar-refractivity contribution in [2.45, 2.75) is 25.8 Å². The molecular weight excluding hydrogens is 324 g/mol. The zero-order chi connectivity index (χ0) is 16.8. The van der Waals surface area contributed by atoms with Crippen LogP contribution in [0.5, 0.6) is 0 Å². The van der Waals surface area contributed by atoms with Crippen LogP contribution in [0.4, 0.5) is 0 Å². The topological polar surface area (TPSA) is 69.3 Å². The van der Waals surface area contributed by atoms with Gasteiger partial charge in [0.1, 0.15) is 0 Å². The first-order valence-corrected chi connectivity index (χ1v) is 9.16. The number of carbonyl (C=O) groups excluding carboxylic acids is 1. The predicted molar refractivity (Wildman–Crippen MR) is 94.0 cm³/mol. The van der Waals surface area contributed by atoms with Gasteiger partial charge in [0.15, 0.2) is 0 Å². The van der Waals surface area contributed by atoms with Gasteiger partial charge in [-0.1, -0.05) is 6.07 Å². The Morgan fingerprint density at radius 1 is 1.21 bits per heavy atom. The van der Waals surface area contributed by atoms with Crippen molar-refractivity contribution in [1.29, 1.82) is 0 Å². The van der Waals surface area contributed by atoms with Crippen LogP contribution in [0.2, 0.25) is 0 Å². The summed E-state index contributed by atoms with van der Waals surface area (Å²) in [5.74, 6) is 0.168. The van der Waals surface area contributed by atoms with Crippen LogP contribution in [0.1, 0.15) is 23.4 Å². The standard InChI is InChI=1S/C17H22N4O2S/c22-16-6-4-14(18-19-16)5-7-17(23)21-9-2-8-20(10-11-21)13-15-3-1-12-24-15/h1,3-4,6,12H,2,5,7-11,13H2,(H,19,22). The highest BCUT2D eigenvalue weighted by molar-refractivity contribution is 7.09. The summed E-state index contributed by atoms with van der Waals surface area (Å²) in [5.41, 5.74) is 0.528. The van der Waals surface area contributed by atoms with E-state index >= 15 is 0 Å². The smallest absolute Gasteiger partial charge is 0.264 e. The van der Waals surface area contributed by atoms with E-state index < -0.39 is 0 Å². The van der Waals surface area contributed by atoms with Crippen molar-refractivity contribution in [2.75, 3.05) is 26.2 Å². The molecule has 6 nitrogen and oxygen atoms in total. The zero-order valence-electron chi connectivity index (χ0n) is 13.6. The number of rotatable bonds is 5. The van der Waals surface area contributed by atoms with Gasteiger partial charge in [-0.3, -0.25) is 14.5 Å². The Balaban J connectivity index is 1.47. The molecule has 0 radical (unpaired) electrons. The summed E-state index contributed by atoms with van der Waals surface area (Å²) < 4.78 is 0. The number of aromatic amines is 1. The number of H-pyrrole nitrogens is 1. The van der Waals surface area contributed by atoms with Gasteiger partial charge < -0.3 is 4.90 Å². The molecule has 1 N–H and O–H groups in total. The first-order chi connectivity index (χ1) is 11.7. The number of thiophene rings is 1. The molecule has 1 fully saturated rings. The van der Waals surface area contributed by atoms with Crippen LogP contribution in [-0.2, 0) is 17.8 Å². The third kappa shape index (κ3) is 4.75. The Morgan fingerprint density at radius 3 is 2.88 bits per heavy atom. The zero-order valence-corrected chi connectivity index (χ0v) is 14.4. The second-order valence-electron chi connectivity index (χ2n) is 6.00. The van der Waals surface area contributed by atoms with Crippen molar-refractivity contribution >= 4 is 17.2 Å². The molecular formula is C17H22N4O2S. The lowest BCUT2D eigenvalue weighted by Crippen LogP contribution is -2.35. The largest absolute Gasteiger partial charge is 0.341 e. The minimum Gasteiger partial charge on any atom is -0.341 e. The van der Waals surface area contributed by atoms with Crippen molar-refractivity contribution < 1.29 is 4.79 Å². The van der Waals surface area contributed by atoms with E-state index in [1.807, 2.05) is 4.90 Å². The predicted octanol–water partition coefficient (Wildman–Crippen LogP) is 1.50. The fraction of sp³-hybridized carbons (Fsp3) is 0.471. The Morgan fingerprint density at radius 2 is 2.12 bits per heavy atom. The van der Waals surface area contributed by atoms with Crippen LogP contribution >= 0.6 is 11.3 Å². The molecule has 0 aromatic carbocycles. The average molecular weight is 346 g/mol. The van der Waals surface area contributed by atoms with Crippen LogP contribution in [0.25, 0.3) is 0 Å². The number of hydrogen-bond acceptors (Lipinski definition) is 5. The molecule has 3 heterocycles. The lowest BCUT2D eigenvalue weighted by molar-refractivity contribution is -0.131. The SMILES string of the molecule is O=C(CCc1ccc(=O)[nH]n1)N1CCCN(Cc2cccs2)CC1. The molecule has 0 aliphatic carbocycles. The highest BCUT2D eigenvalue weighted by Crippen LogP contribution is 2.14. The van der Waals surface area contributed by atoms with Gasteiger partial charge in [-0.15, -0.1) is 11.3 Å². The maximum atomic E-state index is 12.4. The number of aromatic nitrogens is 2. The van der Waals surface area contributed by atoms with E-state index in [1.165, 1.54) is 10.9 Å². The van der Waals surface area contributed by atoms with Crippen LogP contribution in [0, 0.1) is 0 Å². The van der Waals surface area contributed by atoms with Crippen molar-refractivity contribution in [3.05, 3.63) is 50.6 Å². The summed E-state index contributed by atoms with van der Waals surface area (Å²) in [4.78, 5) is 29.2. The number of nitrogens with zero attached hydrogens (tertiary/aromatic N) is 3. The third-order valence-electron chi connectivity index (χ3n) is 4.23. The molecule has 0 saturated carbocycles. The van der Waals surface area contributed by atoms with Crippen molar-refractivity contribution in [1.82, 2.24) is 20.0 Å². The first kappa shape index (κ1) is 16.9. The quantitative estimate of drug-likeness (QED) is 0.891. The fourth-order valence-electron chi connectivity index (χ4n) is 2.91. The van der Waals surface area contributed by atoms with E-state index in [0.717, 1.165) is 44.8 Å². The average Bonchev–Trinajstić information content (AvgIpc) is 2.98. The van der Waals surface area contributed by atoms with Crippen LogP contribution in [0.3, 0.4) is 0 Å². The van der Waals surface area contributed by atoms with Gasteiger partial charge in [0.2, 0.25) is 5.91 Å². The first-order valence-electron chi connectivity index (χ1n) is 8.28. The van der Waals surface area contributed by atoms with E-state index in [0.29, 0.717) is 12.8 Å². The molecule has 0 bridgehead atoms. The van der Waals surface area contributed by atoms with Gasteiger partial charge in [0, 0.05) is 56.5 Å². The van der Waals surface area contributed by atoms with Crippen LogP contribution in [0.15, 0.2) is 34.4 Å². The van der Waals surface area contributed by atoms with Gasteiger partial charge in [-0.25, -0.2) is 5.10 Å². The Bertz CT molecular complexity index is 693. The van der Waals surface area contributed by atoms with E-state index in [2.05, 4.69) is 32.6 Å². The lowest BCUT2D eigenvalue weighted by Gasteiger charge is -2.21. The maximum absolute atomic E-state index is 12.4. The Kier molecular flexibility index (Phi) is 5.77. The maximum Gasteiger partial charge on any atom is 0.264 e. The highest BCUT2D eigenvalue weighted by Gasteiger charge is 2.19. The molecule has 0 unspecified atom stereocenters. The van der Waals surface area contributed by atoms with Crippen LogP contribution < -0.4 is 5.56 Å². The Hall–Kier alpha value is -1.99.